The summed E-state index contributed by atoms with van der Waals surface area (Å²) in [6, 6.07) is 11.5. The molecule has 0 N–H and O–H groups in total. The van der Waals surface area contributed by atoms with Crippen LogP contribution in [-0.2, 0) is 14.1 Å². The molecule has 1 aliphatic heterocycles. The van der Waals surface area contributed by atoms with Crippen LogP contribution in [0.25, 0.3) is 27.8 Å². The fraction of sp³-hybridized carbons (Fsp3) is 0.143. The third kappa shape index (κ3) is 2.42. The molecule has 0 atom stereocenters. The van der Waals surface area contributed by atoms with E-state index < -0.39 is 17.1 Å². The lowest BCUT2D eigenvalue weighted by molar-refractivity contribution is 0.174. The Morgan fingerprint density at radius 1 is 0.966 bits per heavy atom. The summed E-state index contributed by atoms with van der Waals surface area (Å²) < 4.78 is 29.7. The molecule has 8 heteroatoms. The average Bonchev–Trinajstić information content (AvgIpc) is 3.35. The van der Waals surface area contributed by atoms with Crippen LogP contribution in [0.15, 0.2) is 58.3 Å². The molecule has 0 saturated carbocycles. The van der Waals surface area contributed by atoms with Crippen LogP contribution < -0.4 is 20.7 Å². The van der Waals surface area contributed by atoms with E-state index in [1.807, 2.05) is 0 Å². The molecule has 0 amide bonds. The van der Waals surface area contributed by atoms with Crippen LogP contribution in [0.2, 0.25) is 0 Å². The lowest BCUT2D eigenvalue weighted by Gasteiger charge is -2.11. The van der Waals surface area contributed by atoms with E-state index in [0.717, 1.165) is 4.57 Å². The van der Waals surface area contributed by atoms with Gasteiger partial charge in [0, 0.05) is 37.6 Å². The van der Waals surface area contributed by atoms with Gasteiger partial charge >= 0.3 is 5.69 Å². The number of rotatable bonds is 2. The summed E-state index contributed by atoms with van der Waals surface area (Å²) >= 11 is 0. The minimum Gasteiger partial charge on any atom is -0.454 e. The number of aromatic nitrogens is 3. The van der Waals surface area contributed by atoms with Crippen molar-refractivity contribution in [3.05, 3.63) is 75.3 Å². The summed E-state index contributed by atoms with van der Waals surface area (Å²) in [7, 11) is 2.99. The van der Waals surface area contributed by atoms with Crippen molar-refractivity contribution in [2.75, 3.05) is 6.79 Å². The lowest BCUT2D eigenvalue weighted by Crippen LogP contribution is -2.36. The Labute approximate surface area is 163 Å². The first kappa shape index (κ1) is 17.3. The van der Waals surface area contributed by atoms with Crippen LogP contribution in [0.4, 0.5) is 4.39 Å². The van der Waals surface area contributed by atoms with Gasteiger partial charge in [0.1, 0.15) is 5.82 Å². The highest BCUT2D eigenvalue weighted by Crippen LogP contribution is 2.37. The molecule has 2 aromatic carbocycles. The van der Waals surface area contributed by atoms with Gasteiger partial charge in [-0.1, -0.05) is 12.1 Å². The predicted octanol–water partition coefficient (Wildman–Crippen LogP) is 2.56. The van der Waals surface area contributed by atoms with E-state index in [1.165, 1.54) is 17.7 Å². The molecular formula is C21H16FN3O4. The van der Waals surface area contributed by atoms with Crippen LogP contribution in [0.3, 0.4) is 0 Å². The smallest absolute Gasteiger partial charge is 0.330 e. The van der Waals surface area contributed by atoms with E-state index in [9.17, 15) is 14.0 Å². The molecule has 0 saturated heterocycles. The molecule has 1 aliphatic rings. The molecule has 4 aromatic rings. The molecule has 0 spiro atoms. The standard InChI is InChI=1S/C21H16FN3O4/c1-23-15-10-25(12-7-8-16-17(9-12)29-11-28-16)19(13-5-3-4-6-14(13)22)18(15)20(26)24(2)21(23)27/h3-10H,11H2,1-2H3. The molecule has 29 heavy (non-hydrogen) atoms. The third-order valence-corrected chi connectivity index (χ3v) is 5.20. The number of nitrogens with zero attached hydrogens (tertiary/aromatic N) is 3. The van der Waals surface area contributed by atoms with Gasteiger partial charge in [-0.25, -0.2) is 9.18 Å². The Balaban J connectivity index is 1.94. The normalized spacial score (nSPS) is 12.7. The Bertz CT molecular complexity index is 1410. The SMILES string of the molecule is Cn1c(=O)c2c(-c3ccccc3F)n(-c3ccc4c(c3)OCO4)cc2n(C)c1=O. The van der Waals surface area contributed by atoms with Gasteiger partial charge < -0.3 is 14.0 Å². The van der Waals surface area contributed by atoms with Crippen LogP contribution in [0.1, 0.15) is 0 Å². The molecule has 146 valence electrons. The van der Waals surface area contributed by atoms with Crippen molar-refractivity contribution in [3.63, 3.8) is 0 Å². The highest BCUT2D eigenvalue weighted by atomic mass is 19.1. The van der Waals surface area contributed by atoms with Gasteiger partial charge in [-0.2, -0.15) is 0 Å². The number of halogens is 1. The topological polar surface area (TPSA) is 67.4 Å². The number of fused-ring (bicyclic) bond motifs is 2. The quantitative estimate of drug-likeness (QED) is 0.525. The predicted molar refractivity (Wildman–Crippen MR) is 105 cm³/mol. The van der Waals surface area contributed by atoms with Gasteiger partial charge in [0.05, 0.1) is 16.6 Å². The number of aryl methyl sites for hydroxylation is 1. The van der Waals surface area contributed by atoms with Crippen molar-refractivity contribution in [2.45, 2.75) is 0 Å². The summed E-state index contributed by atoms with van der Waals surface area (Å²) in [4.78, 5) is 25.4. The average molecular weight is 393 g/mol. The molecule has 3 heterocycles. The summed E-state index contributed by atoms with van der Waals surface area (Å²) in [6.45, 7) is 0.127. The van der Waals surface area contributed by atoms with Crippen molar-refractivity contribution in [1.82, 2.24) is 13.7 Å². The van der Waals surface area contributed by atoms with Gasteiger partial charge in [0.15, 0.2) is 11.5 Å². The van der Waals surface area contributed by atoms with Gasteiger partial charge in [-0.05, 0) is 24.3 Å². The van der Waals surface area contributed by atoms with Gasteiger partial charge in [-0.15, -0.1) is 0 Å². The Kier molecular flexibility index (Phi) is 3.64. The number of hydrogen-bond donors (Lipinski definition) is 0. The summed E-state index contributed by atoms with van der Waals surface area (Å²) in [5, 5.41) is 0.261. The summed E-state index contributed by atoms with van der Waals surface area (Å²) in [5.41, 5.74) is 0.752. The highest BCUT2D eigenvalue weighted by molar-refractivity contribution is 5.95. The van der Waals surface area contributed by atoms with Crippen molar-refractivity contribution in [3.8, 4) is 28.4 Å². The van der Waals surface area contributed by atoms with Crippen molar-refractivity contribution in [1.29, 1.82) is 0 Å². The van der Waals surface area contributed by atoms with E-state index in [1.54, 1.807) is 54.2 Å². The van der Waals surface area contributed by atoms with Gasteiger partial charge in [-0.3, -0.25) is 13.9 Å². The molecule has 0 fully saturated rings. The zero-order valence-corrected chi connectivity index (χ0v) is 15.7. The first-order valence-corrected chi connectivity index (χ1v) is 8.93. The Morgan fingerprint density at radius 2 is 1.72 bits per heavy atom. The van der Waals surface area contributed by atoms with E-state index in [0.29, 0.717) is 28.4 Å². The maximum absolute atomic E-state index is 14.8. The second-order valence-electron chi connectivity index (χ2n) is 6.83. The molecule has 5 rings (SSSR count). The van der Waals surface area contributed by atoms with Crippen molar-refractivity contribution >= 4 is 10.9 Å². The molecule has 0 aliphatic carbocycles. The minimum atomic E-state index is -0.485. The maximum Gasteiger partial charge on any atom is 0.330 e. The zero-order valence-electron chi connectivity index (χ0n) is 15.7. The van der Waals surface area contributed by atoms with Crippen LogP contribution in [-0.4, -0.2) is 20.5 Å². The van der Waals surface area contributed by atoms with Gasteiger partial charge in [0.2, 0.25) is 6.79 Å². The minimum absolute atomic E-state index is 0.127. The molecule has 7 nitrogen and oxygen atoms in total. The van der Waals surface area contributed by atoms with E-state index >= 15 is 0 Å². The summed E-state index contributed by atoms with van der Waals surface area (Å²) in [6.07, 6.45) is 1.66. The largest absolute Gasteiger partial charge is 0.454 e. The van der Waals surface area contributed by atoms with Crippen molar-refractivity contribution < 1.29 is 13.9 Å². The number of hydrogen-bond acceptors (Lipinski definition) is 4. The number of benzene rings is 2. The monoisotopic (exact) mass is 393 g/mol. The van der Waals surface area contributed by atoms with E-state index in [2.05, 4.69) is 0 Å². The fourth-order valence-corrected chi connectivity index (χ4v) is 3.70. The Hall–Kier alpha value is -3.81. The third-order valence-electron chi connectivity index (χ3n) is 5.20. The first-order valence-electron chi connectivity index (χ1n) is 8.93. The lowest BCUT2D eigenvalue weighted by atomic mass is 10.1. The Morgan fingerprint density at radius 3 is 2.52 bits per heavy atom. The van der Waals surface area contributed by atoms with E-state index in [4.69, 9.17) is 9.47 Å². The molecule has 0 bridgehead atoms. The molecule has 2 aromatic heterocycles. The molecule has 0 unspecified atom stereocenters. The first-order chi connectivity index (χ1) is 14.0. The summed E-state index contributed by atoms with van der Waals surface area (Å²) in [5.74, 6) is 0.702. The fourth-order valence-electron chi connectivity index (χ4n) is 3.70. The highest BCUT2D eigenvalue weighted by Gasteiger charge is 2.23. The van der Waals surface area contributed by atoms with Crippen molar-refractivity contribution in [2.24, 2.45) is 14.1 Å². The molecule has 0 radical (unpaired) electrons. The second-order valence-corrected chi connectivity index (χ2v) is 6.83. The van der Waals surface area contributed by atoms with Crippen LogP contribution in [0.5, 0.6) is 11.5 Å². The number of ether oxygens (including phenoxy) is 2. The second kappa shape index (κ2) is 6.10. The van der Waals surface area contributed by atoms with Crippen LogP contribution in [0, 0.1) is 5.82 Å². The molecular weight excluding hydrogens is 377 g/mol. The van der Waals surface area contributed by atoms with Crippen LogP contribution >= 0.6 is 0 Å². The van der Waals surface area contributed by atoms with E-state index in [-0.39, 0.29) is 17.7 Å². The zero-order chi connectivity index (χ0) is 20.3. The maximum atomic E-state index is 14.8. The van der Waals surface area contributed by atoms with Gasteiger partial charge in [0.25, 0.3) is 5.56 Å².